The second-order valence-electron chi connectivity index (χ2n) is 6.16. The zero-order chi connectivity index (χ0) is 17.5. The highest BCUT2D eigenvalue weighted by Gasteiger charge is 2.13. The number of rotatable bonds is 3. The van der Waals surface area contributed by atoms with Gasteiger partial charge in [0.15, 0.2) is 0 Å². The third-order valence-corrected chi connectivity index (χ3v) is 4.66. The highest BCUT2D eigenvalue weighted by Crippen LogP contribution is 2.36. The molecule has 0 fully saturated rings. The first-order valence-electron chi connectivity index (χ1n) is 8.37. The molecule has 0 unspecified atom stereocenters. The van der Waals surface area contributed by atoms with Crippen LogP contribution >= 0.6 is 0 Å². The minimum Gasteiger partial charge on any atom is -0.496 e. The lowest BCUT2D eigenvalue weighted by atomic mass is 10.0. The molecule has 0 radical (unpaired) electrons. The van der Waals surface area contributed by atoms with Gasteiger partial charge in [0.2, 0.25) is 0 Å². The number of benzene rings is 1. The summed E-state index contributed by atoms with van der Waals surface area (Å²) in [6, 6.07) is 14.3. The quantitative estimate of drug-likeness (QED) is 0.496. The number of para-hydroxylation sites is 1. The molecule has 26 heavy (non-hydrogen) atoms. The molecule has 4 aromatic heterocycles. The molecular weight excluding hydrogens is 324 g/mol. The number of nitrogens with one attached hydrogen (secondary N) is 2. The molecular formula is C21H16N4O. The number of fused-ring (bicyclic) bond motifs is 2. The molecule has 1 aromatic carbocycles. The van der Waals surface area contributed by atoms with E-state index >= 15 is 0 Å². The van der Waals surface area contributed by atoms with Crippen molar-refractivity contribution in [2.75, 3.05) is 7.11 Å². The second-order valence-corrected chi connectivity index (χ2v) is 6.16. The summed E-state index contributed by atoms with van der Waals surface area (Å²) in [5, 5.41) is 2.14. The summed E-state index contributed by atoms with van der Waals surface area (Å²) in [6.07, 6.45) is 7.62. The average molecular weight is 340 g/mol. The zero-order valence-electron chi connectivity index (χ0n) is 14.2. The van der Waals surface area contributed by atoms with E-state index in [1.54, 1.807) is 7.11 Å². The molecule has 5 nitrogen and oxygen atoms in total. The van der Waals surface area contributed by atoms with E-state index in [4.69, 9.17) is 4.74 Å². The van der Waals surface area contributed by atoms with Crippen LogP contribution in [0.15, 0.2) is 67.3 Å². The van der Waals surface area contributed by atoms with Crippen LogP contribution in [-0.2, 0) is 0 Å². The van der Waals surface area contributed by atoms with Crippen LogP contribution in [0.2, 0.25) is 0 Å². The smallest absolute Gasteiger partial charge is 0.137 e. The largest absolute Gasteiger partial charge is 0.496 e. The number of methoxy groups -OCH3 is 1. The van der Waals surface area contributed by atoms with Crippen molar-refractivity contribution in [1.29, 1.82) is 0 Å². The van der Waals surface area contributed by atoms with Gasteiger partial charge in [0.05, 0.1) is 7.11 Å². The molecule has 0 bridgehead atoms. The lowest BCUT2D eigenvalue weighted by Crippen LogP contribution is -1.87. The SMILES string of the molecule is COc1ccccc1-c1c[nH]c2ncc(-c3cnc4[nH]ccc4c3)cc12. The molecule has 0 saturated carbocycles. The Morgan fingerprint density at radius 2 is 1.65 bits per heavy atom. The minimum absolute atomic E-state index is 0.842. The highest BCUT2D eigenvalue weighted by molar-refractivity contribution is 5.97. The van der Waals surface area contributed by atoms with E-state index in [0.29, 0.717) is 0 Å². The Bertz CT molecular complexity index is 1240. The van der Waals surface area contributed by atoms with Gasteiger partial charge in [-0.05, 0) is 24.3 Å². The lowest BCUT2D eigenvalue weighted by molar-refractivity contribution is 0.416. The highest BCUT2D eigenvalue weighted by atomic mass is 16.5. The number of H-pyrrole nitrogens is 2. The molecule has 0 aliphatic carbocycles. The van der Waals surface area contributed by atoms with Crippen molar-refractivity contribution in [2.45, 2.75) is 0 Å². The van der Waals surface area contributed by atoms with Crippen molar-refractivity contribution in [3.63, 3.8) is 0 Å². The second kappa shape index (κ2) is 5.74. The molecule has 5 rings (SSSR count). The number of aromatic amines is 2. The summed E-state index contributed by atoms with van der Waals surface area (Å²) in [7, 11) is 1.69. The van der Waals surface area contributed by atoms with Crippen LogP contribution in [0.3, 0.4) is 0 Å². The predicted octanol–water partition coefficient (Wildman–Crippen LogP) is 4.78. The van der Waals surface area contributed by atoms with E-state index < -0.39 is 0 Å². The van der Waals surface area contributed by atoms with Crippen molar-refractivity contribution in [2.24, 2.45) is 0 Å². The predicted molar refractivity (Wildman–Crippen MR) is 103 cm³/mol. The summed E-state index contributed by atoms with van der Waals surface area (Å²) < 4.78 is 5.52. The van der Waals surface area contributed by atoms with Gasteiger partial charge < -0.3 is 14.7 Å². The standard InChI is InChI=1S/C21H16N4O/c1-26-19-5-3-2-4-16(19)18-12-25-21-17(18)9-15(11-24-21)14-8-13-6-7-22-20(13)23-10-14/h2-12H,1H3,(H,22,23)(H,24,25). The van der Waals surface area contributed by atoms with Gasteiger partial charge in [-0.3, -0.25) is 0 Å². The normalized spacial score (nSPS) is 11.3. The first-order chi connectivity index (χ1) is 12.8. The first kappa shape index (κ1) is 14.7. The maximum absolute atomic E-state index is 5.52. The monoisotopic (exact) mass is 340 g/mol. The number of nitrogens with zero attached hydrogens (tertiary/aromatic N) is 2. The molecule has 2 N–H and O–H groups in total. The Morgan fingerprint density at radius 3 is 2.54 bits per heavy atom. The summed E-state index contributed by atoms with van der Waals surface area (Å²) >= 11 is 0. The van der Waals surface area contributed by atoms with Crippen LogP contribution < -0.4 is 4.74 Å². The summed E-state index contributed by atoms with van der Waals surface area (Å²) in [4.78, 5) is 15.5. The maximum atomic E-state index is 5.52. The minimum atomic E-state index is 0.842. The van der Waals surface area contributed by atoms with Gasteiger partial charge in [-0.1, -0.05) is 18.2 Å². The van der Waals surface area contributed by atoms with Crippen LogP contribution in [0.25, 0.3) is 44.3 Å². The van der Waals surface area contributed by atoms with Gasteiger partial charge in [0.1, 0.15) is 17.0 Å². The fourth-order valence-electron chi connectivity index (χ4n) is 3.35. The third kappa shape index (κ3) is 2.25. The van der Waals surface area contributed by atoms with Gasteiger partial charge in [0.25, 0.3) is 0 Å². The molecule has 0 saturated heterocycles. The van der Waals surface area contributed by atoms with Crippen molar-refractivity contribution >= 4 is 22.1 Å². The van der Waals surface area contributed by atoms with E-state index in [1.165, 1.54) is 0 Å². The third-order valence-electron chi connectivity index (χ3n) is 4.66. The van der Waals surface area contributed by atoms with Gasteiger partial charge in [-0.2, -0.15) is 0 Å². The summed E-state index contributed by atoms with van der Waals surface area (Å²) in [5.41, 5.74) is 5.92. The average Bonchev–Trinajstić information content (AvgIpc) is 3.33. The Hall–Kier alpha value is -3.60. The summed E-state index contributed by atoms with van der Waals surface area (Å²) in [6.45, 7) is 0. The molecule has 5 heteroatoms. The van der Waals surface area contributed by atoms with Gasteiger partial charge >= 0.3 is 0 Å². The Kier molecular flexibility index (Phi) is 3.25. The van der Waals surface area contributed by atoms with Crippen molar-refractivity contribution < 1.29 is 4.74 Å². The van der Waals surface area contributed by atoms with E-state index in [1.807, 2.05) is 49.1 Å². The number of pyridine rings is 2. The number of hydrogen-bond acceptors (Lipinski definition) is 3. The van der Waals surface area contributed by atoms with Crippen LogP contribution in [0.5, 0.6) is 5.75 Å². The molecule has 0 aliphatic rings. The van der Waals surface area contributed by atoms with Gasteiger partial charge in [-0.15, -0.1) is 0 Å². The Balaban J connectivity index is 1.69. The molecule has 0 spiro atoms. The van der Waals surface area contributed by atoms with E-state index in [9.17, 15) is 0 Å². The number of ether oxygens (including phenoxy) is 1. The first-order valence-corrected chi connectivity index (χ1v) is 8.37. The van der Waals surface area contributed by atoms with Crippen LogP contribution in [0.1, 0.15) is 0 Å². The topological polar surface area (TPSA) is 66.6 Å². The zero-order valence-corrected chi connectivity index (χ0v) is 14.2. The molecule has 0 aliphatic heterocycles. The Labute approximate surface area is 149 Å². The van der Waals surface area contributed by atoms with Crippen molar-refractivity contribution in [3.8, 4) is 28.0 Å². The van der Waals surface area contributed by atoms with Gasteiger partial charge in [0, 0.05) is 57.8 Å². The van der Waals surface area contributed by atoms with E-state index in [0.717, 1.165) is 50.1 Å². The molecule has 0 atom stereocenters. The van der Waals surface area contributed by atoms with Crippen molar-refractivity contribution in [1.82, 2.24) is 19.9 Å². The fraction of sp³-hybridized carbons (Fsp3) is 0.0476. The number of hydrogen-bond donors (Lipinski definition) is 2. The van der Waals surface area contributed by atoms with E-state index in [-0.39, 0.29) is 0 Å². The van der Waals surface area contributed by atoms with Crippen molar-refractivity contribution in [3.05, 3.63) is 67.3 Å². The van der Waals surface area contributed by atoms with E-state index in [2.05, 4.69) is 38.1 Å². The molecule has 0 amide bonds. The fourth-order valence-corrected chi connectivity index (χ4v) is 3.35. The number of aromatic nitrogens is 4. The Morgan fingerprint density at radius 1 is 0.846 bits per heavy atom. The maximum Gasteiger partial charge on any atom is 0.137 e. The lowest BCUT2D eigenvalue weighted by Gasteiger charge is -2.07. The molecule has 126 valence electrons. The van der Waals surface area contributed by atoms with Gasteiger partial charge in [-0.25, -0.2) is 9.97 Å². The van der Waals surface area contributed by atoms with Crippen LogP contribution in [-0.4, -0.2) is 27.0 Å². The van der Waals surface area contributed by atoms with Crippen LogP contribution in [0.4, 0.5) is 0 Å². The van der Waals surface area contributed by atoms with Crippen LogP contribution in [0, 0.1) is 0 Å². The molecule has 5 aromatic rings. The summed E-state index contributed by atoms with van der Waals surface area (Å²) in [5.74, 6) is 0.842. The molecule has 4 heterocycles.